The molecule has 0 radical (unpaired) electrons. The monoisotopic (exact) mass is 354 g/mol. The summed E-state index contributed by atoms with van der Waals surface area (Å²) in [6.45, 7) is 0.937. The second-order valence-electron chi connectivity index (χ2n) is 4.99. The number of rotatable bonds is 6. The SMILES string of the molecule is NC(=O)COC(=O)/C=C/c1ccc(S(=O)(=O)N2CCOCC2)cc1. The van der Waals surface area contributed by atoms with Gasteiger partial charge in [-0.05, 0) is 23.8 Å². The van der Waals surface area contributed by atoms with Crippen LogP contribution in [0, 0.1) is 0 Å². The molecule has 2 N–H and O–H groups in total. The number of morpholine rings is 1. The van der Waals surface area contributed by atoms with Gasteiger partial charge in [-0.1, -0.05) is 12.1 Å². The number of hydrogen-bond donors (Lipinski definition) is 1. The maximum absolute atomic E-state index is 12.4. The van der Waals surface area contributed by atoms with E-state index in [-0.39, 0.29) is 4.90 Å². The molecule has 1 aliphatic rings. The first-order valence-electron chi connectivity index (χ1n) is 7.21. The van der Waals surface area contributed by atoms with Gasteiger partial charge in [0.15, 0.2) is 6.61 Å². The summed E-state index contributed by atoms with van der Waals surface area (Å²) >= 11 is 0. The summed E-state index contributed by atoms with van der Waals surface area (Å²) in [4.78, 5) is 22.0. The smallest absolute Gasteiger partial charge is 0.331 e. The molecule has 130 valence electrons. The molecule has 2 rings (SSSR count). The second kappa shape index (κ2) is 8.04. The van der Waals surface area contributed by atoms with Crippen molar-refractivity contribution in [3.05, 3.63) is 35.9 Å². The number of nitrogens with zero attached hydrogens (tertiary/aromatic N) is 1. The van der Waals surface area contributed by atoms with Crippen molar-refractivity contribution in [2.24, 2.45) is 5.73 Å². The Hall–Kier alpha value is -2.23. The lowest BCUT2D eigenvalue weighted by Gasteiger charge is -2.26. The van der Waals surface area contributed by atoms with Gasteiger partial charge in [0, 0.05) is 19.2 Å². The summed E-state index contributed by atoms with van der Waals surface area (Å²) in [5.74, 6) is -1.45. The summed E-state index contributed by atoms with van der Waals surface area (Å²) in [5, 5.41) is 0. The maximum Gasteiger partial charge on any atom is 0.331 e. The van der Waals surface area contributed by atoms with E-state index in [1.165, 1.54) is 22.5 Å². The fraction of sp³-hybridized carbons (Fsp3) is 0.333. The van der Waals surface area contributed by atoms with Crippen LogP contribution in [0.25, 0.3) is 6.08 Å². The molecule has 1 saturated heterocycles. The molecule has 9 heteroatoms. The van der Waals surface area contributed by atoms with Crippen molar-refractivity contribution in [3.63, 3.8) is 0 Å². The Bertz CT molecular complexity index is 721. The Morgan fingerprint density at radius 3 is 2.42 bits per heavy atom. The van der Waals surface area contributed by atoms with Crippen LogP contribution in [0.4, 0.5) is 0 Å². The Balaban J connectivity index is 2.02. The Labute approximate surface area is 139 Å². The molecule has 1 heterocycles. The van der Waals surface area contributed by atoms with E-state index < -0.39 is 28.5 Å². The first-order valence-corrected chi connectivity index (χ1v) is 8.65. The number of sulfonamides is 1. The average molecular weight is 354 g/mol. The van der Waals surface area contributed by atoms with E-state index >= 15 is 0 Å². The van der Waals surface area contributed by atoms with Crippen LogP contribution in [-0.2, 0) is 29.1 Å². The highest BCUT2D eigenvalue weighted by molar-refractivity contribution is 7.89. The highest BCUT2D eigenvalue weighted by Crippen LogP contribution is 2.18. The number of carbonyl (C=O) groups excluding carboxylic acids is 2. The predicted molar refractivity (Wildman–Crippen MR) is 85.2 cm³/mol. The lowest BCUT2D eigenvalue weighted by atomic mass is 10.2. The van der Waals surface area contributed by atoms with Crippen LogP contribution in [0.2, 0.25) is 0 Å². The summed E-state index contributed by atoms with van der Waals surface area (Å²) in [5.41, 5.74) is 5.48. The van der Waals surface area contributed by atoms with Crippen LogP contribution in [0.5, 0.6) is 0 Å². The first-order chi connectivity index (χ1) is 11.4. The van der Waals surface area contributed by atoms with Gasteiger partial charge in [0.2, 0.25) is 10.0 Å². The zero-order chi connectivity index (χ0) is 17.6. The number of nitrogens with two attached hydrogens (primary N) is 1. The molecule has 1 aromatic rings. The van der Waals surface area contributed by atoms with Gasteiger partial charge >= 0.3 is 5.97 Å². The second-order valence-corrected chi connectivity index (χ2v) is 6.93. The fourth-order valence-corrected chi connectivity index (χ4v) is 3.45. The van der Waals surface area contributed by atoms with E-state index in [4.69, 9.17) is 10.5 Å². The van der Waals surface area contributed by atoms with Crippen LogP contribution < -0.4 is 5.73 Å². The molecule has 0 saturated carbocycles. The summed E-state index contributed by atoms with van der Waals surface area (Å²) in [7, 11) is -3.54. The number of amides is 1. The predicted octanol–water partition coefficient (Wildman–Crippen LogP) is -0.251. The van der Waals surface area contributed by atoms with Gasteiger partial charge in [0.05, 0.1) is 18.1 Å². The number of ether oxygens (including phenoxy) is 2. The molecular formula is C15H18N2O6S. The molecule has 0 unspecified atom stereocenters. The quantitative estimate of drug-likeness (QED) is 0.556. The molecule has 8 nitrogen and oxygen atoms in total. The number of hydrogen-bond acceptors (Lipinski definition) is 6. The van der Waals surface area contributed by atoms with Crippen molar-refractivity contribution < 1.29 is 27.5 Å². The highest BCUT2D eigenvalue weighted by Gasteiger charge is 2.25. The number of benzene rings is 1. The topological polar surface area (TPSA) is 116 Å². The van der Waals surface area contributed by atoms with Gasteiger partial charge < -0.3 is 15.2 Å². The Morgan fingerprint density at radius 2 is 1.83 bits per heavy atom. The molecule has 0 bridgehead atoms. The van der Waals surface area contributed by atoms with Gasteiger partial charge in [0.25, 0.3) is 5.91 Å². The average Bonchev–Trinajstić information content (AvgIpc) is 2.59. The normalized spacial score (nSPS) is 16.2. The number of primary amides is 1. The molecule has 0 spiro atoms. The third-order valence-electron chi connectivity index (χ3n) is 3.26. The first kappa shape index (κ1) is 18.1. The molecule has 1 aromatic carbocycles. The van der Waals surface area contributed by atoms with Crippen molar-refractivity contribution in [1.29, 1.82) is 0 Å². The van der Waals surface area contributed by atoms with E-state index in [0.717, 1.165) is 6.08 Å². The van der Waals surface area contributed by atoms with Crippen molar-refractivity contribution >= 4 is 28.0 Å². The minimum Gasteiger partial charge on any atom is -0.452 e. The molecule has 0 aromatic heterocycles. The molecule has 24 heavy (non-hydrogen) atoms. The van der Waals surface area contributed by atoms with Crippen molar-refractivity contribution in [2.75, 3.05) is 32.9 Å². The molecule has 1 fully saturated rings. The molecule has 1 amide bonds. The highest BCUT2D eigenvalue weighted by atomic mass is 32.2. The van der Waals surface area contributed by atoms with Crippen LogP contribution in [0.1, 0.15) is 5.56 Å². The van der Waals surface area contributed by atoms with E-state index in [1.54, 1.807) is 12.1 Å². The lowest BCUT2D eigenvalue weighted by Crippen LogP contribution is -2.40. The van der Waals surface area contributed by atoms with Gasteiger partial charge in [-0.15, -0.1) is 0 Å². The summed E-state index contributed by atoms with van der Waals surface area (Å²) < 4.78 is 36.0. The van der Waals surface area contributed by atoms with E-state index in [1.807, 2.05) is 0 Å². The van der Waals surface area contributed by atoms with Crippen molar-refractivity contribution in [2.45, 2.75) is 4.90 Å². The minimum atomic E-state index is -3.54. The van der Waals surface area contributed by atoms with Crippen LogP contribution in [0.15, 0.2) is 35.2 Å². The fourth-order valence-electron chi connectivity index (χ4n) is 2.04. The molecule has 0 atom stereocenters. The Morgan fingerprint density at radius 1 is 1.21 bits per heavy atom. The van der Waals surface area contributed by atoms with Crippen LogP contribution in [0.3, 0.4) is 0 Å². The van der Waals surface area contributed by atoms with Gasteiger partial charge in [0.1, 0.15) is 0 Å². The zero-order valence-electron chi connectivity index (χ0n) is 12.9. The zero-order valence-corrected chi connectivity index (χ0v) is 13.7. The third-order valence-corrected chi connectivity index (χ3v) is 5.17. The third kappa shape index (κ3) is 4.88. The molecular weight excluding hydrogens is 336 g/mol. The molecule has 1 aliphatic heterocycles. The standard InChI is InChI=1S/C15H18N2O6S/c16-14(18)11-23-15(19)6-3-12-1-4-13(5-2-12)24(20,21)17-7-9-22-10-8-17/h1-6H,7-11H2,(H2,16,18)/b6-3+. The van der Waals surface area contributed by atoms with E-state index in [2.05, 4.69) is 4.74 Å². The van der Waals surface area contributed by atoms with Gasteiger partial charge in [-0.3, -0.25) is 4.79 Å². The van der Waals surface area contributed by atoms with Crippen molar-refractivity contribution in [1.82, 2.24) is 4.31 Å². The Kier molecular flexibility index (Phi) is 6.07. The minimum absolute atomic E-state index is 0.179. The number of carbonyl (C=O) groups is 2. The van der Waals surface area contributed by atoms with Crippen molar-refractivity contribution in [3.8, 4) is 0 Å². The summed E-state index contributed by atoms with van der Waals surface area (Å²) in [6, 6.07) is 6.09. The largest absolute Gasteiger partial charge is 0.452 e. The maximum atomic E-state index is 12.4. The summed E-state index contributed by atoms with van der Waals surface area (Å²) in [6.07, 6.45) is 2.59. The van der Waals surface area contributed by atoms with Crippen LogP contribution in [-0.4, -0.2) is 57.5 Å². The number of esters is 1. The van der Waals surface area contributed by atoms with E-state index in [9.17, 15) is 18.0 Å². The van der Waals surface area contributed by atoms with Gasteiger partial charge in [-0.25, -0.2) is 13.2 Å². The molecule has 0 aliphatic carbocycles. The van der Waals surface area contributed by atoms with Gasteiger partial charge in [-0.2, -0.15) is 4.31 Å². The van der Waals surface area contributed by atoms with Crippen LogP contribution >= 0.6 is 0 Å². The lowest BCUT2D eigenvalue weighted by molar-refractivity contribution is -0.142. The van der Waals surface area contributed by atoms with E-state index in [0.29, 0.717) is 31.9 Å².